The van der Waals surface area contributed by atoms with Gasteiger partial charge in [0.15, 0.2) is 0 Å². The molecule has 0 heterocycles. The van der Waals surface area contributed by atoms with Gasteiger partial charge in [0.1, 0.15) is 5.54 Å². The van der Waals surface area contributed by atoms with Gasteiger partial charge in [-0.2, -0.15) is 0 Å². The largest absolute Gasteiger partial charge is 0.464 e. The van der Waals surface area contributed by atoms with Crippen LogP contribution in [-0.2, 0) is 15.1 Å². The molecule has 4 nitrogen and oxygen atoms in total. The van der Waals surface area contributed by atoms with Gasteiger partial charge in [0.25, 0.3) is 0 Å². The molecule has 1 aromatic carbocycles. The van der Waals surface area contributed by atoms with Crippen LogP contribution in [0.15, 0.2) is 29.2 Å². The maximum Gasteiger partial charge on any atom is 0.330 e. The second-order valence-electron chi connectivity index (χ2n) is 5.30. The van der Waals surface area contributed by atoms with Gasteiger partial charge < -0.3 is 9.64 Å². The molecular formula is C16H26N2O2S. The molecule has 0 bridgehead atoms. The van der Waals surface area contributed by atoms with Gasteiger partial charge in [0.05, 0.1) is 6.61 Å². The number of rotatable bonds is 8. The summed E-state index contributed by atoms with van der Waals surface area (Å²) in [5.41, 5.74) is 0.112. The molecule has 0 saturated carbocycles. The number of ether oxygens (including phenoxy) is 1. The highest BCUT2D eigenvalue weighted by molar-refractivity contribution is 7.98. The molecule has 1 unspecified atom stereocenters. The van der Waals surface area contributed by atoms with Gasteiger partial charge in [-0.3, -0.25) is 5.32 Å². The maximum atomic E-state index is 12.4. The van der Waals surface area contributed by atoms with Crippen molar-refractivity contribution in [3.05, 3.63) is 29.8 Å². The van der Waals surface area contributed by atoms with Crippen LogP contribution in [0.25, 0.3) is 0 Å². The number of likely N-dealkylation sites (N-methyl/N-ethyl adjacent to an activating group) is 1. The van der Waals surface area contributed by atoms with Gasteiger partial charge in [0.2, 0.25) is 0 Å². The van der Waals surface area contributed by atoms with Crippen LogP contribution in [0.5, 0.6) is 0 Å². The summed E-state index contributed by atoms with van der Waals surface area (Å²) < 4.78 is 5.26. The summed E-state index contributed by atoms with van der Waals surface area (Å²) in [6, 6.07) is 8.05. The Morgan fingerprint density at radius 1 is 1.33 bits per heavy atom. The smallest absolute Gasteiger partial charge is 0.330 e. The molecule has 0 radical (unpaired) electrons. The molecule has 0 aromatic heterocycles. The van der Waals surface area contributed by atoms with Gasteiger partial charge in [0, 0.05) is 18.0 Å². The van der Waals surface area contributed by atoms with Crippen molar-refractivity contribution < 1.29 is 9.53 Å². The molecule has 1 atom stereocenters. The molecule has 0 amide bonds. The van der Waals surface area contributed by atoms with Crippen LogP contribution in [0.4, 0.5) is 0 Å². The van der Waals surface area contributed by atoms with E-state index in [0.29, 0.717) is 13.2 Å². The number of nitrogens with zero attached hydrogens (tertiary/aromatic N) is 1. The number of thioether (sulfide) groups is 1. The first-order chi connectivity index (χ1) is 9.93. The van der Waals surface area contributed by atoms with Crippen LogP contribution >= 0.6 is 11.8 Å². The first-order valence-corrected chi connectivity index (χ1v) is 8.38. The number of carbonyl (C=O) groups excluding carboxylic acids is 1. The topological polar surface area (TPSA) is 41.6 Å². The zero-order chi connectivity index (χ0) is 15.9. The lowest BCUT2D eigenvalue weighted by atomic mass is 9.92. The maximum absolute atomic E-state index is 12.4. The summed E-state index contributed by atoms with van der Waals surface area (Å²) in [5.74, 6) is -0.236. The fraction of sp³-hybridized carbons (Fsp3) is 0.562. The number of benzene rings is 1. The van der Waals surface area contributed by atoms with E-state index in [0.717, 1.165) is 12.1 Å². The highest BCUT2D eigenvalue weighted by Gasteiger charge is 2.36. The number of carbonyl (C=O) groups is 1. The molecule has 0 spiro atoms. The van der Waals surface area contributed by atoms with Gasteiger partial charge in [-0.05, 0) is 51.9 Å². The number of hydrogen-bond donors (Lipinski definition) is 1. The number of hydrogen-bond acceptors (Lipinski definition) is 5. The van der Waals surface area contributed by atoms with Crippen molar-refractivity contribution in [2.45, 2.75) is 24.3 Å². The van der Waals surface area contributed by atoms with Gasteiger partial charge >= 0.3 is 5.97 Å². The quantitative estimate of drug-likeness (QED) is 0.589. The lowest BCUT2D eigenvalue weighted by molar-refractivity contribution is -0.151. The van der Waals surface area contributed by atoms with Crippen LogP contribution in [0.1, 0.15) is 19.4 Å². The highest BCUT2D eigenvalue weighted by atomic mass is 32.2. The lowest BCUT2D eigenvalue weighted by Gasteiger charge is -2.30. The third-order valence-corrected chi connectivity index (χ3v) is 4.13. The van der Waals surface area contributed by atoms with Crippen molar-refractivity contribution in [1.29, 1.82) is 0 Å². The van der Waals surface area contributed by atoms with Crippen LogP contribution in [0, 0.1) is 0 Å². The average molecular weight is 310 g/mol. The molecule has 0 fully saturated rings. The Bertz CT molecular complexity index is 448. The third kappa shape index (κ3) is 5.02. The first kappa shape index (κ1) is 18.0. The van der Waals surface area contributed by atoms with E-state index in [1.807, 2.05) is 58.5 Å². The van der Waals surface area contributed by atoms with E-state index < -0.39 is 5.54 Å². The first-order valence-electron chi connectivity index (χ1n) is 7.15. The number of esters is 1. The van der Waals surface area contributed by atoms with Crippen molar-refractivity contribution in [1.82, 2.24) is 10.2 Å². The predicted octanol–water partition coefficient (Wildman–Crippen LogP) is 2.34. The Morgan fingerprint density at radius 2 is 1.95 bits per heavy atom. The number of nitrogens with one attached hydrogen (secondary N) is 1. The molecule has 0 saturated heterocycles. The Kier molecular flexibility index (Phi) is 7.22. The van der Waals surface area contributed by atoms with Gasteiger partial charge in [-0.15, -0.1) is 11.8 Å². The van der Waals surface area contributed by atoms with Crippen LogP contribution in [0.2, 0.25) is 0 Å². The minimum atomic E-state index is -0.817. The van der Waals surface area contributed by atoms with Gasteiger partial charge in [-0.1, -0.05) is 12.1 Å². The third-order valence-electron chi connectivity index (χ3n) is 3.39. The molecule has 0 aliphatic heterocycles. The zero-order valence-corrected chi connectivity index (χ0v) is 14.4. The fourth-order valence-corrected chi connectivity index (χ4v) is 2.43. The zero-order valence-electron chi connectivity index (χ0n) is 13.6. The monoisotopic (exact) mass is 310 g/mol. The van der Waals surface area contributed by atoms with E-state index in [9.17, 15) is 4.79 Å². The van der Waals surface area contributed by atoms with Gasteiger partial charge in [-0.25, -0.2) is 4.79 Å². The molecular weight excluding hydrogens is 284 g/mol. The lowest BCUT2D eigenvalue weighted by Crippen LogP contribution is -2.49. The molecule has 5 heteroatoms. The van der Waals surface area contributed by atoms with E-state index in [4.69, 9.17) is 4.74 Å². The van der Waals surface area contributed by atoms with Crippen molar-refractivity contribution in [2.75, 3.05) is 40.0 Å². The second kappa shape index (κ2) is 8.41. The standard InChI is InChI=1S/C16H26N2O2S/c1-6-20-15(19)16(2,17-11-12-18(3)4)13-7-9-14(21-5)10-8-13/h7-10,17H,6,11-12H2,1-5H3. The summed E-state index contributed by atoms with van der Waals surface area (Å²) in [4.78, 5) is 15.6. The van der Waals surface area contributed by atoms with E-state index in [-0.39, 0.29) is 5.97 Å². The SMILES string of the molecule is CCOC(=O)C(C)(NCCN(C)C)c1ccc(SC)cc1. The normalized spacial score (nSPS) is 14.0. The Balaban J connectivity index is 2.95. The van der Waals surface area contributed by atoms with Crippen molar-refractivity contribution in [2.24, 2.45) is 0 Å². The molecule has 1 rings (SSSR count). The Hall–Kier alpha value is -1.04. The van der Waals surface area contributed by atoms with Crippen molar-refractivity contribution >= 4 is 17.7 Å². The highest BCUT2D eigenvalue weighted by Crippen LogP contribution is 2.25. The average Bonchev–Trinajstić information content (AvgIpc) is 2.47. The summed E-state index contributed by atoms with van der Waals surface area (Å²) in [6.45, 7) is 5.67. The van der Waals surface area contributed by atoms with Crippen molar-refractivity contribution in [3.63, 3.8) is 0 Å². The van der Waals surface area contributed by atoms with Crippen LogP contribution < -0.4 is 5.32 Å². The fourth-order valence-electron chi connectivity index (χ4n) is 2.02. The predicted molar refractivity (Wildman–Crippen MR) is 88.8 cm³/mol. The minimum Gasteiger partial charge on any atom is -0.464 e. The molecule has 0 aliphatic carbocycles. The van der Waals surface area contributed by atoms with Crippen LogP contribution in [0.3, 0.4) is 0 Å². The molecule has 1 aromatic rings. The molecule has 0 aliphatic rings. The van der Waals surface area contributed by atoms with Crippen LogP contribution in [-0.4, -0.2) is 50.9 Å². The molecule has 118 valence electrons. The Morgan fingerprint density at radius 3 is 2.43 bits per heavy atom. The minimum absolute atomic E-state index is 0.236. The van der Waals surface area contributed by atoms with E-state index in [1.165, 1.54) is 4.90 Å². The molecule has 21 heavy (non-hydrogen) atoms. The van der Waals surface area contributed by atoms with E-state index in [2.05, 4.69) is 10.2 Å². The summed E-state index contributed by atoms with van der Waals surface area (Å²) in [7, 11) is 4.02. The second-order valence-corrected chi connectivity index (χ2v) is 6.18. The molecule has 1 N–H and O–H groups in total. The van der Waals surface area contributed by atoms with E-state index >= 15 is 0 Å². The summed E-state index contributed by atoms with van der Waals surface area (Å²) in [5, 5.41) is 3.34. The van der Waals surface area contributed by atoms with Crippen molar-refractivity contribution in [3.8, 4) is 0 Å². The van der Waals surface area contributed by atoms with E-state index in [1.54, 1.807) is 11.8 Å². The summed E-state index contributed by atoms with van der Waals surface area (Å²) >= 11 is 1.69. The Labute approximate surface area is 132 Å². The summed E-state index contributed by atoms with van der Waals surface area (Å²) in [6.07, 6.45) is 2.04.